The minimum absolute atomic E-state index is 0. The molecule has 81 heavy (non-hydrogen) atoms. The first-order chi connectivity index (χ1) is 33.5. The van der Waals surface area contributed by atoms with Crippen LogP contribution in [-0.2, 0) is 66.0 Å². The molecule has 29 heteroatoms. The molecule has 16 unspecified atom stereocenters. The number of halogens is 9. The Hall–Kier alpha value is 0.704. The van der Waals surface area contributed by atoms with E-state index < -0.39 is 98.8 Å². The molecule has 0 amide bonds. The number of hydrogen-bond donors (Lipinski definition) is 16. The van der Waals surface area contributed by atoms with E-state index in [1.54, 1.807) is 41.5 Å². The quantitative estimate of drug-likeness (QED) is 0.0556. The summed E-state index contributed by atoms with van der Waals surface area (Å²) in [6.45, 7) is 37.3. The number of aliphatic hydroxyl groups is 16. The maximum Gasteiger partial charge on any atom is 0.414 e. The van der Waals surface area contributed by atoms with Crippen molar-refractivity contribution in [2.24, 2.45) is 21.7 Å². The van der Waals surface area contributed by atoms with E-state index in [2.05, 4.69) is 0 Å². The van der Waals surface area contributed by atoms with Gasteiger partial charge in [0.05, 0.1) is 79.4 Å². The SMILES string of the molecule is CC(C)(C)C(O)CC(O)C(C)(C)C.CC(C)(C)C(O)CC(O)C(C)(C)C.CC(O)CC(C)O.CC(O)CC(C)O.CC(O)CC(C)O.CC(O)CC(O)C(F)(F)F.CC(O)CC(O)C(F)(F)F.CC(O)CC(O)C(F)(F)F.[Ni].[Ni].[Ni].[Ni]. The van der Waals surface area contributed by atoms with Crippen LogP contribution in [0.5, 0.6) is 0 Å². The van der Waals surface area contributed by atoms with Gasteiger partial charge in [-0.3, -0.25) is 0 Å². The van der Waals surface area contributed by atoms with Gasteiger partial charge in [0.15, 0.2) is 18.3 Å². The topological polar surface area (TPSA) is 324 Å². The average molecular weight is 1400 g/mol. The van der Waals surface area contributed by atoms with E-state index >= 15 is 0 Å². The second-order valence-corrected chi connectivity index (χ2v) is 24.2. The van der Waals surface area contributed by atoms with Crippen molar-refractivity contribution in [3.05, 3.63) is 0 Å². The summed E-state index contributed by atoms with van der Waals surface area (Å²) in [5, 5.41) is 141. The maximum atomic E-state index is 11.4. The molecule has 0 aliphatic heterocycles. The molecule has 0 aromatic rings. The van der Waals surface area contributed by atoms with Crippen LogP contribution >= 0.6 is 0 Å². The molecule has 0 rings (SSSR count). The van der Waals surface area contributed by atoms with Gasteiger partial charge < -0.3 is 81.7 Å². The summed E-state index contributed by atoms with van der Waals surface area (Å²) >= 11 is 0. The molecule has 0 fully saturated rings. The Morgan fingerprint density at radius 1 is 0.198 bits per heavy atom. The first kappa shape index (κ1) is 110. The van der Waals surface area contributed by atoms with Gasteiger partial charge in [0, 0.05) is 98.1 Å². The summed E-state index contributed by atoms with van der Waals surface area (Å²) in [5.41, 5.74) is -0.586. The third kappa shape index (κ3) is 89.6. The molecule has 0 spiro atoms. The molecule has 0 aromatic heterocycles. The van der Waals surface area contributed by atoms with Crippen molar-refractivity contribution in [2.75, 3.05) is 0 Å². The molecule has 0 aromatic carbocycles. The van der Waals surface area contributed by atoms with Gasteiger partial charge in [-0.15, -0.1) is 0 Å². The fourth-order valence-electron chi connectivity index (χ4n) is 4.69. The normalized spacial score (nSPS) is 17.7. The van der Waals surface area contributed by atoms with E-state index in [1.165, 1.54) is 20.8 Å². The second-order valence-electron chi connectivity index (χ2n) is 24.2. The molecule has 0 saturated heterocycles. The Morgan fingerprint density at radius 3 is 0.333 bits per heavy atom. The van der Waals surface area contributed by atoms with Gasteiger partial charge in [-0.1, -0.05) is 83.1 Å². The van der Waals surface area contributed by atoms with E-state index in [-0.39, 0.29) is 124 Å². The summed E-state index contributed by atoms with van der Waals surface area (Å²) in [5.74, 6) is 0. The van der Waals surface area contributed by atoms with E-state index in [4.69, 9.17) is 61.3 Å². The van der Waals surface area contributed by atoms with Gasteiger partial charge in [0.2, 0.25) is 0 Å². The van der Waals surface area contributed by atoms with E-state index in [0.717, 1.165) is 0 Å². The molecule has 16 nitrogen and oxygen atoms in total. The van der Waals surface area contributed by atoms with Crippen LogP contribution in [0, 0.1) is 21.7 Å². The standard InChI is InChI=1S/2C11H24O2.3C5H9F3O2.3C5H12O2.4Ni/c2*1-10(2,3)8(12)7-9(13)11(4,5)6;3*1-3(9)2-4(10)5(6,7)8;3*1-4(6)3-5(2)7;;;;/h2*8-9,12-13H,7H2,1-6H3;3*3-4,9-10H,2H2,1H3;3*4-7H,3H2,1-2H3;;;;. The minimum Gasteiger partial charge on any atom is -0.393 e. The number of hydrogen-bond acceptors (Lipinski definition) is 16. The Kier molecular flexibility index (Phi) is 71.2. The predicted molar refractivity (Wildman–Crippen MR) is 280 cm³/mol. The molecule has 518 valence electrons. The van der Waals surface area contributed by atoms with Crippen molar-refractivity contribution in [1.82, 2.24) is 0 Å². The van der Waals surface area contributed by atoms with Gasteiger partial charge in [-0.05, 0) is 103 Å². The molecule has 0 heterocycles. The van der Waals surface area contributed by atoms with Crippen LogP contribution < -0.4 is 0 Å². The summed E-state index contributed by atoms with van der Waals surface area (Å²) in [4.78, 5) is 0. The molecule has 0 radical (unpaired) electrons. The fraction of sp³-hybridized carbons (Fsp3) is 1.00. The largest absolute Gasteiger partial charge is 0.414 e. The van der Waals surface area contributed by atoms with Crippen LogP contribution in [0.2, 0.25) is 0 Å². The molecule has 0 saturated carbocycles. The zero-order chi connectivity index (χ0) is 64.4. The van der Waals surface area contributed by atoms with Gasteiger partial charge in [-0.2, -0.15) is 39.5 Å². The number of alkyl halides is 9. The molecule has 0 aliphatic carbocycles. The predicted octanol–water partition coefficient (Wildman–Crippen LogP) is 6.83. The second kappa shape index (κ2) is 52.6. The molecular weight excluding hydrogens is 1290 g/mol. The minimum atomic E-state index is -4.61. The van der Waals surface area contributed by atoms with Crippen molar-refractivity contribution in [2.45, 2.75) is 313 Å². The molecular formula is C52H111F9Ni4O16. The van der Waals surface area contributed by atoms with Crippen LogP contribution in [-0.4, -0.2) is 198 Å². The van der Waals surface area contributed by atoms with Crippen LogP contribution in [0.4, 0.5) is 39.5 Å². The van der Waals surface area contributed by atoms with Crippen LogP contribution in [0.15, 0.2) is 0 Å². The smallest absolute Gasteiger partial charge is 0.393 e. The third-order valence-corrected chi connectivity index (χ3v) is 9.77. The Bertz CT molecular complexity index is 1140. The first-order valence-electron chi connectivity index (χ1n) is 25.6. The van der Waals surface area contributed by atoms with Gasteiger partial charge >= 0.3 is 18.5 Å². The number of aliphatic hydroxyl groups excluding tert-OH is 16. The van der Waals surface area contributed by atoms with Crippen molar-refractivity contribution in [1.29, 1.82) is 0 Å². The zero-order valence-corrected chi connectivity index (χ0v) is 55.2. The molecule has 16 atom stereocenters. The molecule has 0 aliphatic rings. The summed E-state index contributed by atoms with van der Waals surface area (Å²) < 4.78 is 103. The van der Waals surface area contributed by atoms with Gasteiger partial charge in [0.25, 0.3) is 0 Å². The fourth-order valence-corrected chi connectivity index (χ4v) is 4.69. The van der Waals surface area contributed by atoms with Crippen molar-refractivity contribution in [3.8, 4) is 0 Å². The zero-order valence-electron chi connectivity index (χ0n) is 51.2. The maximum absolute atomic E-state index is 11.4. The van der Waals surface area contributed by atoms with Crippen molar-refractivity contribution < 1.29 is 187 Å². The van der Waals surface area contributed by atoms with Crippen LogP contribution in [0.3, 0.4) is 0 Å². The van der Waals surface area contributed by atoms with Gasteiger partial charge in [-0.25, -0.2) is 0 Å². The van der Waals surface area contributed by atoms with Crippen molar-refractivity contribution in [3.63, 3.8) is 0 Å². The Labute approximate surface area is 519 Å². The van der Waals surface area contributed by atoms with Crippen molar-refractivity contribution >= 4 is 0 Å². The molecule has 16 N–H and O–H groups in total. The summed E-state index contributed by atoms with van der Waals surface area (Å²) in [6.07, 6.45) is -28.1. The first-order valence-corrected chi connectivity index (χ1v) is 25.6. The van der Waals surface area contributed by atoms with Gasteiger partial charge in [0.1, 0.15) is 0 Å². The van der Waals surface area contributed by atoms with Crippen LogP contribution in [0.1, 0.15) is 197 Å². The summed E-state index contributed by atoms with van der Waals surface area (Å²) in [7, 11) is 0. The Morgan fingerprint density at radius 2 is 0.296 bits per heavy atom. The van der Waals surface area contributed by atoms with Crippen LogP contribution in [0.25, 0.3) is 0 Å². The van der Waals surface area contributed by atoms with E-state index in [9.17, 15) is 59.9 Å². The molecule has 0 bridgehead atoms. The Balaban J connectivity index is -0.0000000674. The average Bonchev–Trinajstić information content (AvgIpc) is 3.11. The number of rotatable bonds is 16. The van der Waals surface area contributed by atoms with E-state index in [0.29, 0.717) is 32.1 Å². The monoisotopic (exact) mass is 1390 g/mol. The third-order valence-electron chi connectivity index (χ3n) is 9.77. The summed E-state index contributed by atoms with van der Waals surface area (Å²) in [6, 6.07) is 0. The van der Waals surface area contributed by atoms with E-state index in [1.807, 2.05) is 83.1 Å².